The zero-order valence-electron chi connectivity index (χ0n) is 15.8. The van der Waals surface area contributed by atoms with Gasteiger partial charge in [-0.2, -0.15) is 4.99 Å². The van der Waals surface area contributed by atoms with E-state index in [1.165, 1.54) is 21.7 Å². The number of aromatic nitrogens is 1. The van der Waals surface area contributed by atoms with Crippen LogP contribution in [0.3, 0.4) is 0 Å². The third-order valence-corrected chi connectivity index (χ3v) is 6.48. The maximum absolute atomic E-state index is 12.8. The van der Waals surface area contributed by atoms with Crippen molar-refractivity contribution in [2.75, 3.05) is 0 Å². The number of amides is 1. The molecule has 3 nitrogen and oxygen atoms in total. The summed E-state index contributed by atoms with van der Waals surface area (Å²) in [5, 5.41) is 0. The summed E-state index contributed by atoms with van der Waals surface area (Å²) in [6, 6.07) is 16.2. The summed E-state index contributed by atoms with van der Waals surface area (Å²) >= 11 is 3.83. The van der Waals surface area contributed by atoms with Crippen LogP contribution < -0.4 is 4.80 Å². The number of rotatable bonds is 5. The second-order valence-corrected chi connectivity index (χ2v) is 8.64. The van der Waals surface area contributed by atoms with E-state index in [0.29, 0.717) is 5.56 Å². The van der Waals surface area contributed by atoms with Crippen molar-refractivity contribution in [2.45, 2.75) is 40.2 Å². The molecule has 0 unspecified atom stereocenters. The Morgan fingerprint density at radius 3 is 2.44 bits per heavy atom. The molecule has 1 heterocycles. The summed E-state index contributed by atoms with van der Waals surface area (Å²) in [6.07, 6.45) is 2.05. The van der Waals surface area contributed by atoms with E-state index in [9.17, 15) is 4.79 Å². The molecule has 0 saturated carbocycles. The third-order valence-electron chi connectivity index (χ3n) is 4.40. The number of hydrogen-bond acceptors (Lipinski definition) is 2. The van der Waals surface area contributed by atoms with Gasteiger partial charge in [-0.15, -0.1) is 11.3 Å². The summed E-state index contributed by atoms with van der Waals surface area (Å²) in [7, 11) is 0. The molecule has 5 heteroatoms. The highest BCUT2D eigenvalue weighted by Gasteiger charge is 2.16. The molecular weight excluding hydrogens is 467 g/mol. The number of carbonyl (C=O) groups is 1. The van der Waals surface area contributed by atoms with E-state index in [4.69, 9.17) is 0 Å². The van der Waals surface area contributed by atoms with Crippen LogP contribution in [0.2, 0.25) is 0 Å². The van der Waals surface area contributed by atoms with Gasteiger partial charge in [-0.25, -0.2) is 0 Å². The second kappa shape index (κ2) is 8.97. The molecule has 0 fully saturated rings. The van der Waals surface area contributed by atoms with Crippen LogP contribution in [0.15, 0.2) is 53.5 Å². The lowest BCUT2D eigenvalue weighted by atomic mass is 10.1. The molecule has 0 aliphatic rings. The summed E-state index contributed by atoms with van der Waals surface area (Å²) < 4.78 is 3.10. The van der Waals surface area contributed by atoms with E-state index >= 15 is 0 Å². The molecule has 0 saturated heterocycles. The number of thiazole rings is 1. The highest BCUT2D eigenvalue weighted by atomic mass is 127. The third kappa shape index (κ3) is 4.41. The van der Waals surface area contributed by atoms with E-state index in [2.05, 4.69) is 77.2 Å². The van der Waals surface area contributed by atoms with Crippen LogP contribution in [0.5, 0.6) is 0 Å². The average Bonchev–Trinajstić information content (AvgIpc) is 3.00. The van der Waals surface area contributed by atoms with Crippen molar-refractivity contribution in [2.24, 2.45) is 4.99 Å². The van der Waals surface area contributed by atoms with Crippen molar-refractivity contribution < 1.29 is 4.79 Å². The van der Waals surface area contributed by atoms with Crippen LogP contribution in [0.1, 0.15) is 41.1 Å². The fourth-order valence-electron chi connectivity index (χ4n) is 3.04. The standard InChI is InChI=1S/C22H23IN2OS/c1-4-8-19-20(16-13-11-15(3)12-14-16)25(5-2)22(27-19)24-21(26)17-9-6-7-10-18(17)23/h6-7,9-14H,4-5,8H2,1-3H3. The molecule has 3 aromatic rings. The molecule has 3 rings (SSSR count). The molecule has 0 atom stereocenters. The smallest absolute Gasteiger partial charge is 0.280 e. The Hall–Kier alpha value is -1.73. The molecule has 0 aliphatic heterocycles. The number of halogens is 1. The molecule has 0 bridgehead atoms. The van der Waals surface area contributed by atoms with Crippen molar-refractivity contribution in [3.63, 3.8) is 0 Å². The summed E-state index contributed by atoms with van der Waals surface area (Å²) in [5.74, 6) is -0.179. The Kier molecular flexibility index (Phi) is 6.65. The molecule has 0 spiro atoms. The van der Waals surface area contributed by atoms with Gasteiger partial charge >= 0.3 is 0 Å². The Balaban J connectivity index is 2.16. The predicted octanol–water partition coefficient (Wildman–Crippen LogP) is 5.84. The molecule has 2 aromatic carbocycles. The van der Waals surface area contributed by atoms with Crippen molar-refractivity contribution in [1.82, 2.24) is 4.57 Å². The topological polar surface area (TPSA) is 34.4 Å². The quantitative estimate of drug-likeness (QED) is 0.414. The molecular formula is C22H23IN2OS. The lowest BCUT2D eigenvalue weighted by Crippen LogP contribution is -2.17. The van der Waals surface area contributed by atoms with Gasteiger partial charge in [-0.3, -0.25) is 4.79 Å². The lowest BCUT2D eigenvalue weighted by molar-refractivity contribution is 0.0997. The number of hydrogen-bond donors (Lipinski definition) is 0. The number of nitrogens with zero attached hydrogens (tertiary/aromatic N) is 2. The van der Waals surface area contributed by atoms with Crippen LogP contribution in [-0.2, 0) is 13.0 Å². The Morgan fingerprint density at radius 1 is 1.11 bits per heavy atom. The van der Waals surface area contributed by atoms with Gasteiger partial charge in [0.2, 0.25) is 0 Å². The van der Waals surface area contributed by atoms with Gasteiger partial charge in [0.15, 0.2) is 4.80 Å². The molecule has 140 valence electrons. The molecule has 27 heavy (non-hydrogen) atoms. The Labute approximate surface area is 177 Å². The largest absolute Gasteiger partial charge is 0.316 e. The van der Waals surface area contributed by atoms with Gasteiger partial charge < -0.3 is 4.57 Å². The second-order valence-electron chi connectivity index (χ2n) is 6.41. The van der Waals surface area contributed by atoms with Gasteiger partial charge in [-0.1, -0.05) is 55.3 Å². The SMILES string of the molecule is CCCc1sc(=NC(=O)c2ccccc2I)n(CC)c1-c1ccc(C)cc1. The van der Waals surface area contributed by atoms with E-state index in [0.717, 1.165) is 27.8 Å². The van der Waals surface area contributed by atoms with Crippen LogP contribution in [0.4, 0.5) is 0 Å². The number of carbonyl (C=O) groups excluding carboxylic acids is 1. The minimum Gasteiger partial charge on any atom is -0.316 e. The molecule has 1 aromatic heterocycles. The highest BCUT2D eigenvalue weighted by molar-refractivity contribution is 14.1. The van der Waals surface area contributed by atoms with E-state index in [1.54, 1.807) is 11.3 Å². The molecule has 0 N–H and O–H groups in total. The summed E-state index contributed by atoms with van der Waals surface area (Å²) in [4.78, 5) is 19.4. The van der Waals surface area contributed by atoms with Crippen LogP contribution in [-0.4, -0.2) is 10.5 Å². The van der Waals surface area contributed by atoms with Crippen molar-refractivity contribution >= 4 is 39.8 Å². The molecule has 0 radical (unpaired) electrons. The Morgan fingerprint density at radius 2 is 1.81 bits per heavy atom. The first-order valence-electron chi connectivity index (χ1n) is 9.18. The Bertz CT molecular complexity index is 1020. The predicted molar refractivity (Wildman–Crippen MR) is 121 cm³/mol. The first-order chi connectivity index (χ1) is 13.0. The lowest BCUT2D eigenvalue weighted by Gasteiger charge is -2.09. The number of benzene rings is 2. The van der Waals surface area contributed by atoms with Gasteiger partial charge in [0.05, 0.1) is 11.3 Å². The average molecular weight is 490 g/mol. The van der Waals surface area contributed by atoms with E-state index in [1.807, 2.05) is 24.3 Å². The number of aryl methyl sites for hydroxylation is 2. The highest BCUT2D eigenvalue weighted by Crippen LogP contribution is 2.27. The molecule has 1 amide bonds. The van der Waals surface area contributed by atoms with Crippen LogP contribution >= 0.6 is 33.9 Å². The monoisotopic (exact) mass is 490 g/mol. The zero-order valence-corrected chi connectivity index (χ0v) is 18.8. The minimum atomic E-state index is -0.179. The van der Waals surface area contributed by atoms with Gasteiger partial charge in [-0.05, 0) is 60.6 Å². The van der Waals surface area contributed by atoms with Gasteiger partial charge in [0.1, 0.15) is 0 Å². The summed E-state index contributed by atoms with van der Waals surface area (Å²) in [5.41, 5.74) is 4.28. The maximum atomic E-state index is 12.8. The van der Waals surface area contributed by atoms with E-state index in [-0.39, 0.29) is 5.91 Å². The van der Waals surface area contributed by atoms with Crippen molar-refractivity contribution in [3.05, 3.63) is 72.9 Å². The summed E-state index contributed by atoms with van der Waals surface area (Å²) in [6.45, 7) is 7.17. The fraction of sp³-hybridized carbons (Fsp3) is 0.273. The zero-order chi connectivity index (χ0) is 19.4. The van der Waals surface area contributed by atoms with Gasteiger partial charge in [0, 0.05) is 15.0 Å². The fourth-order valence-corrected chi connectivity index (χ4v) is 4.97. The van der Waals surface area contributed by atoms with Crippen LogP contribution in [0.25, 0.3) is 11.3 Å². The first-order valence-corrected chi connectivity index (χ1v) is 11.1. The first kappa shape index (κ1) is 20.0. The van der Waals surface area contributed by atoms with Crippen molar-refractivity contribution in [1.29, 1.82) is 0 Å². The van der Waals surface area contributed by atoms with Crippen LogP contribution in [0, 0.1) is 10.5 Å². The van der Waals surface area contributed by atoms with Crippen molar-refractivity contribution in [3.8, 4) is 11.3 Å². The minimum absolute atomic E-state index is 0.179. The maximum Gasteiger partial charge on any atom is 0.280 e. The normalized spacial score (nSPS) is 11.8. The molecule has 0 aliphatic carbocycles. The van der Waals surface area contributed by atoms with Gasteiger partial charge in [0.25, 0.3) is 5.91 Å². The van der Waals surface area contributed by atoms with E-state index < -0.39 is 0 Å².